The Morgan fingerprint density at radius 3 is 2.86 bits per heavy atom. The number of hydrogen-bond acceptors (Lipinski definition) is 2. The van der Waals surface area contributed by atoms with Crippen LogP contribution in [0.2, 0.25) is 0 Å². The van der Waals surface area contributed by atoms with Crippen molar-refractivity contribution in [2.75, 3.05) is 0 Å². The minimum atomic E-state index is -0.269. The van der Waals surface area contributed by atoms with Crippen molar-refractivity contribution in [3.8, 4) is 0 Å². The van der Waals surface area contributed by atoms with Gasteiger partial charge in [0.15, 0.2) is 0 Å². The largest absolute Gasteiger partial charge is 0.388 e. The highest BCUT2D eigenvalue weighted by atomic mass is 16.3. The molecule has 0 aromatic rings. The Labute approximate surface area is 127 Å². The molecule has 0 aliphatic heterocycles. The molecule has 114 valence electrons. The topological polar surface area (TPSA) is 37.3 Å². The van der Waals surface area contributed by atoms with Gasteiger partial charge in [-0.05, 0) is 48.9 Å². The van der Waals surface area contributed by atoms with Crippen molar-refractivity contribution in [3.05, 3.63) is 23.8 Å². The van der Waals surface area contributed by atoms with Crippen molar-refractivity contribution < 1.29 is 9.90 Å². The highest BCUT2D eigenvalue weighted by Gasteiger charge is 2.56. The highest BCUT2D eigenvalue weighted by Crippen LogP contribution is 2.63. The number of carbonyl (C=O) groups excluding carboxylic acids is 1. The van der Waals surface area contributed by atoms with Crippen LogP contribution < -0.4 is 0 Å². The molecule has 4 rings (SSSR count). The third-order valence-electron chi connectivity index (χ3n) is 7.41. The number of rotatable bonds is 0. The molecule has 2 saturated carbocycles. The summed E-state index contributed by atoms with van der Waals surface area (Å²) in [5, 5.41) is 10.4. The Morgan fingerprint density at radius 1 is 1.24 bits per heavy atom. The minimum absolute atomic E-state index is 0.0490. The summed E-state index contributed by atoms with van der Waals surface area (Å²) in [6.45, 7) is 4.67. The molecule has 0 saturated heterocycles. The minimum Gasteiger partial charge on any atom is -0.388 e. The van der Waals surface area contributed by atoms with E-state index in [1.165, 1.54) is 12.0 Å². The number of fused-ring (bicyclic) bond motifs is 5. The molecule has 0 radical (unpaired) electrons. The molecular formula is C19H26O2. The standard InChI is InChI=1S/C19H26O2/c1-18-9-7-13(20)11-12(18)3-4-14-15-5-6-17(21)19(15,2)10-8-16(14)18/h3,5-6,14-17,21H,4,7-11H2,1-2H3/t14-,15-,16-,17?,18-,19-/m0/s1. The average molecular weight is 286 g/mol. The first-order valence-electron chi connectivity index (χ1n) is 8.53. The van der Waals surface area contributed by atoms with Crippen LogP contribution in [0.15, 0.2) is 23.8 Å². The van der Waals surface area contributed by atoms with E-state index in [-0.39, 0.29) is 16.9 Å². The van der Waals surface area contributed by atoms with Gasteiger partial charge < -0.3 is 5.11 Å². The van der Waals surface area contributed by atoms with Crippen molar-refractivity contribution in [1.29, 1.82) is 0 Å². The molecule has 4 aliphatic carbocycles. The van der Waals surface area contributed by atoms with E-state index in [1.54, 1.807) is 0 Å². The van der Waals surface area contributed by atoms with Gasteiger partial charge in [0, 0.05) is 18.3 Å². The fourth-order valence-electron chi connectivity index (χ4n) is 5.91. The van der Waals surface area contributed by atoms with E-state index >= 15 is 0 Å². The molecule has 1 unspecified atom stereocenters. The van der Waals surface area contributed by atoms with Gasteiger partial charge in [-0.2, -0.15) is 0 Å². The smallest absolute Gasteiger partial charge is 0.136 e. The predicted molar refractivity (Wildman–Crippen MR) is 82.6 cm³/mol. The van der Waals surface area contributed by atoms with Gasteiger partial charge in [0.1, 0.15) is 5.78 Å². The molecule has 2 nitrogen and oxygen atoms in total. The Morgan fingerprint density at radius 2 is 2.05 bits per heavy atom. The normalized spacial score (nSPS) is 52.0. The maximum Gasteiger partial charge on any atom is 0.136 e. The lowest BCUT2D eigenvalue weighted by atomic mass is 9.48. The van der Waals surface area contributed by atoms with E-state index in [0.717, 1.165) is 25.7 Å². The van der Waals surface area contributed by atoms with Gasteiger partial charge in [0.2, 0.25) is 0 Å². The Kier molecular flexibility index (Phi) is 2.83. The molecule has 1 N–H and O–H groups in total. The third-order valence-corrected chi connectivity index (χ3v) is 7.41. The SMILES string of the molecule is C[C@]12CCC(=O)CC1=CC[C@@H]1[C@@H]2CC[C@]2(C)C(O)C=C[C@@H]12. The summed E-state index contributed by atoms with van der Waals surface area (Å²) in [5.41, 5.74) is 1.71. The Bertz CT molecular complexity index is 546. The molecule has 0 aromatic heterocycles. The van der Waals surface area contributed by atoms with Gasteiger partial charge >= 0.3 is 0 Å². The summed E-state index contributed by atoms with van der Waals surface area (Å²) in [6, 6.07) is 0. The number of hydrogen-bond donors (Lipinski definition) is 1. The van der Waals surface area contributed by atoms with Gasteiger partial charge in [0.25, 0.3) is 0 Å². The summed E-state index contributed by atoms with van der Waals surface area (Å²) in [5.74, 6) is 2.28. The fraction of sp³-hybridized carbons (Fsp3) is 0.737. The van der Waals surface area contributed by atoms with Crippen LogP contribution in [-0.2, 0) is 4.79 Å². The second-order valence-corrected chi connectivity index (χ2v) is 8.27. The maximum atomic E-state index is 11.8. The molecule has 2 fully saturated rings. The number of aliphatic hydroxyl groups is 1. The van der Waals surface area contributed by atoms with Crippen LogP contribution in [0.3, 0.4) is 0 Å². The lowest BCUT2D eigenvalue weighted by Crippen LogP contribution is -2.51. The van der Waals surface area contributed by atoms with E-state index in [2.05, 4.69) is 26.0 Å². The molecule has 2 heteroatoms. The molecule has 6 atom stereocenters. The van der Waals surface area contributed by atoms with Gasteiger partial charge in [-0.15, -0.1) is 0 Å². The van der Waals surface area contributed by atoms with Crippen LogP contribution in [0.1, 0.15) is 52.4 Å². The van der Waals surface area contributed by atoms with Gasteiger partial charge in [-0.3, -0.25) is 4.79 Å². The fourth-order valence-corrected chi connectivity index (χ4v) is 5.91. The first-order chi connectivity index (χ1) is 9.95. The molecule has 0 spiro atoms. The molecular weight excluding hydrogens is 260 g/mol. The quantitative estimate of drug-likeness (QED) is 0.690. The zero-order chi connectivity index (χ0) is 14.8. The summed E-state index contributed by atoms with van der Waals surface area (Å²) >= 11 is 0. The second-order valence-electron chi connectivity index (χ2n) is 8.27. The van der Waals surface area contributed by atoms with E-state index in [9.17, 15) is 9.90 Å². The van der Waals surface area contributed by atoms with E-state index in [0.29, 0.717) is 30.0 Å². The van der Waals surface area contributed by atoms with Crippen LogP contribution in [0, 0.1) is 28.6 Å². The van der Waals surface area contributed by atoms with Crippen LogP contribution in [0.25, 0.3) is 0 Å². The molecule has 0 bridgehead atoms. The Hall–Kier alpha value is -0.890. The van der Waals surface area contributed by atoms with Gasteiger partial charge in [-0.1, -0.05) is 37.6 Å². The second kappa shape index (κ2) is 4.32. The van der Waals surface area contributed by atoms with Crippen LogP contribution in [-0.4, -0.2) is 17.0 Å². The first-order valence-corrected chi connectivity index (χ1v) is 8.53. The van der Waals surface area contributed by atoms with E-state index < -0.39 is 0 Å². The van der Waals surface area contributed by atoms with Crippen molar-refractivity contribution in [1.82, 2.24) is 0 Å². The number of allylic oxidation sites excluding steroid dienone is 3. The van der Waals surface area contributed by atoms with Gasteiger partial charge in [0.05, 0.1) is 6.10 Å². The molecule has 0 amide bonds. The summed E-state index contributed by atoms with van der Waals surface area (Å²) in [4.78, 5) is 11.8. The zero-order valence-electron chi connectivity index (χ0n) is 13.1. The monoisotopic (exact) mass is 286 g/mol. The zero-order valence-corrected chi connectivity index (χ0v) is 13.1. The number of ketones is 1. The van der Waals surface area contributed by atoms with Crippen molar-refractivity contribution in [2.45, 2.75) is 58.5 Å². The summed E-state index contributed by atoms with van der Waals surface area (Å²) in [6.07, 6.45) is 12.3. The van der Waals surface area contributed by atoms with Crippen molar-refractivity contribution >= 4 is 5.78 Å². The van der Waals surface area contributed by atoms with Crippen LogP contribution in [0.5, 0.6) is 0 Å². The number of carbonyl (C=O) groups is 1. The van der Waals surface area contributed by atoms with Crippen LogP contribution >= 0.6 is 0 Å². The lowest BCUT2D eigenvalue weighted by molar-refractivity contribution is -0.122. The maximum absolute atomic E-state index is 11.8. The average Bonchev–Trinajstić information content (AvgIpc) is 2.76. The van der Waals surface area contributed by atoms with E-state index in [4.69, 9.17) is 0 Å². The molecule has 21 heavy (non-hydrogen) atoms. The third kappa shape index (κ3) is 1.72. The number of Topliss-reactive ketones (excluding diaryl/α,β-unsaturated/α-hetero) is 1. The lowest BCUT2D eigenvalue weighted by Gasteiger charge is -2.56. The van der Waals surface area contributed by atoms with Crippen molar-refractivity contribution in [2.24, 2.45) is 28.6 Å². The van der Waals surface area contributed by atoms with Crippen molar-refractivity contribution in [3.63, 3.8) is 0 Å². The molecule has 0 aromatic carbocycles. The Balaban J connectivity index is 1.71. The molecule has 4 aliphatic rings. The van der Waals surface area contributed by atoms with Gasteiger partial charge in [-0.25, -0.2) is 0 Å². The summed E-state index contributed by atoms with van der Waals surface area (Å²) in [7, 11) is 0. The van der Waals surface area contributed by atoms with E-state index in [1.807, 2.05) is 6.08 Å². The first kappa shape index (κ1) is 13.8. The summed E-state index contributed by atoms with van der Waals surface area (Å²) < 4.78 is 0. The highest BCUT2D eigenvalue weighted by molar-refractivity contribution is 5.82. The molecule has 0 heterocycles. The number of aliphatic hydroxyl groups excluding tert-OH is 1. The predicted octanol–water partition coefficient (Wildman–Crippen LogP) is 3.66. The van der Waals surface area contributed by atoms with Crippen LogP contribution in [0.4, 0.5) is 0 Å².